The fourth-order valence-corrected chi connectivity index (χ4v) is 8.83. The van der Waals surface area contributed by atoms with Gasteiger partial charge in [0.25, 0.3) is 0 Å². The van der Waals surface area contributed by atoms with Crippen molar-refractivity contribution < 1.29 is 9.47 Å². The van der Waals surface area contributed by atoms with E-state index in [1.54, 1.807) is 0 Å². The molecule has 298 valence electrons. The molecular weight excluding hydrogens is 705 g/mol. The molecule has 2 bridgehead atoms. The van der Waals surface area contributed by atoms with Crippen LogP contribution in [0.3, 0.4) is 0 Å². The van der Waals surface area contributed by atoms with Crippen LogP contribution in [0.5, 0.6) is 11.5 Å². The van der Waals surface area contributed by atoms with Crippen molar-refractivity contribution in [1.82, 2.24) is 0 Å². The maximum Gasteiger partial charge on any atom is 0.123 e. The van der Waals surface area contributed by atoms with Crippen molar-refractivity contribution in [2.75, 3.05) is 13.2 Å². The van der Waals surface area contributed by atoms with Gasteiger partial charge in [-0.1, -0.05) is 152 Å². The Labute approximate surface area is 349 Å². The Bertz CT molecular complexity index is 2210. The molecule has 3 aliphatic carbocycles. The molecule has 0 heterocycles. The molecule has 5 aromatic rings. The van der Waals surface area contributed by atoms with E-state index < -0.39 is 0 Å². The minimum Gasteiger partial charge on any atom is -0.494 e. The average molecular weight is 767 g/mol. The van der Waals surface area contributed by atoms with E-state index in [1.807, 2.05) is 24.3 Å². The summed E-state index contributed by atoms with van der Waals surface area (Å²) in [6.45, 7) is 15.4. The molecule has 0 saturated heterocycles. The van der Waals surface area contributed by atoms with E-state index in [1.165, 1.54) is 71.9 Å². The van der Waals surface area contributed by atoms with Gasteiger partial charge in [-0.3, -0.25) is 0 Å². The first-order chi connectivity index (χ1) is 28.2. The topological polar surface area (TPSA) is 18.5 Å². The van der Waals surface area contributed by atoms with Gasteiger partial charge in [0.05, 0.1) is 13.2 Å². The SMILES string of the molecule is CC(C)CCC[C@@H](C)CCOc1ccc(C#Cc2ccc(C#Cc3ccc(OCC[C@H](C)CCCC(C)C)c4c3C3c5ccccc5C4c4ccccc43)cc2)cc1. The highest BCUT2D eigenvalue weighted by Gasteiger charge is 2.43. The van der Waals surface area contributed by atoms with Crippen LogP contribution in [0, 0.1) is 47.4 Å². The van der Waals surface area contributed by atoms with Gasteiger partial charge in [0.1, 0.15) is 11.5 Å². The predicted molar refractivity (Wildman–Crippen MR) is 242 cm³/mol. The molecule has 0 unspecified atom stereocenters. The second-order valence-corrected chi connectivity index (χ2v) is 17.8. The standard InChI is InChI=1S/C56H62O2/c1-39(2)13-11-15-41(5)35-37-57-47-32-28-45(29-33-47)26-23-43-21-24-44(25-22-43)27-30-46-31-34-52(58-38-36-42(6)16-12-14-40(3)4)56-53(46)54-48-17-7-9-19-50(48)55(56)51-20-10-8-18-49(51)54/h7-10,17-22,24-25,28-29,31-34,39-42,54-55H,11-16,35-38H2,1-6H3/t41-,42-,54?,55?/m1/s1. The van der Waals surface area contributed by atoms with E-state index in [9.17, 15) is 0 Å². The van der Waals surface area contributed by atoms with Crippen molar-refractivity contribution >= 4 is 0 Å². The van der Waals surface area contributed by atoms with Gasteiger partial charge in [-0.25, -0.2) is 0 Å². The number of ether oxygens (including phenoxy) is 2. The molecule has 0 aliphatic heterocycles. The van der Waals surface area contributed by atoms with Crippen LogP contribution in [-0.4, -0.2) is 13.2 Å². The zero-order valence-corrected chi connectivity index (χ0v) is 35.7. The summed E-state index contributed by atoms with van der Waals surface area (Å²) in [6.07, 6.45) is 9.89. The summed E-state index contributed by atoms with van der Waals surface area (Å²) in [5.74, 6) is 18.9. The van der Waals surface area contributed by atoms with Crippen molar-refractivity contribution in [2.24, 2.45) is 23.7 Å². The Morgan fingerprint density at radius 2 is 0.862 bits per heavy atom. The van der Waals surface area contributed by atoms with Gasteiger partial charge in [0.15, 0.2) is 0 Å². The predicted octanol–water partition coefficient (Wildman–Crippen LogP) is 13.9. The smallest absolute Gasteiger partial charge is 0.123 e. The summed E-state index contributed by atoms with van der Waals surface area (Å²) in [5, 5.41) is 0. The highest BCUT2D eigenvalue weighted by molar-refractivity contribution is 5.73. The van der Waals surface area contributed by atoms with Crippen molar-refractivity contribution in [2.45, 2.75) is 105 Å². The molecule has 2 heteroatoms. The molecule has 5 aromatic carbocycles. The van der Waals surface area contributed by atoms with Crippen molar-refractivity contribution in [3.05, 3.63) is 165 Å². The maximum atomic E-state index is 6.75. The van der Waals surface area contributed by atoms with Crippen LogP contribution < -0.4 is 9.47 Å². The molecule has 0 saturated carbocycles. The maximum absolute atomic E-state index is 6.75. The van der Waals surface area contributed by atoms with Gasteiger partial charge in [-0.05, 0) is 125 Å². The lowest BCUT2D eigenvalue weighted by atomic mass is 9.60. The van der Waals surface area contributed by atoms with E-state index in [-0.39, 0.29) is 11.8 Å². The molecule has 2 nitrogen and oxygen atoms in total. The quantitative estimate of drug-likeness (QED) is 0.0912. The van der Waals surface area contributed by atoms with Crippen LogP contribution in [0.15, 0.2) is 109 Å². The lowest BCUT2D eigenvalue weighted by molar-refractivity contribution is 0.272. The number of benzene rings is 5. The number of hydrogen-bond acceptors (Lipinski definition) is 2. The van der Waals surface area contributed by atoms with Crippen molar-refractivity contribution in [3.63, 3.8) is 0 Å². The van der Waals surface area contributed by atoms with Crippen LogP contribution in [-0.2, 0) is 0 Å². The minimum atomic E-state index is 0.126. The molecule has 3 aliphatic rings. The number of hydrogen-bond donors (Lipinski definition) is 0. The van der Waals surface area contributed by atoms with Crippen LogP contribution >= 0.6 is 0 Å². The van der Waals surface area contributed by atoms with Crippen molar-refractivity contribution in [1.29, 1.82) is 0 Å². The van der Waals surface area contributed by atoms with Gasteiger partial charge in [-0.2, -0.15) is 0 Å². The molecule has 0 spiro atoms. The number of rotatable bonds is 16. The zero-order valence-electron chi connectivity index (χ0n) is 35.7. The molecule has 0 amide bonds. The first kappa shape index (κ1) is 41.0. The third-order valence-electron chi connectivity index (χ3n) is 12.2. The highest BCUT2D eigenvalue weighted by atomic mass is 16.5. The normalized spacial score (nSPS) is 15.7. The summed E-state index contributed by atoms with van der Waals surface area (Å²) < 4.78 is 12.8. The third kappa shape index (κ3) is 10.1. The van der Waals surface area contributed by atoms with E-state index in [2.05, 4.69) is 150 Å². The molecule has 8 rings (SSSR count). The zero-order chi connectivity index (χ0) is 40.4. The fourth-order valence-electron chi connectivity index (χ4n) is 8.83. The second-order valence-electron chi connectivity index (χ2n) is 17.8. The molecule has 58 heavy (non-hydrogen) atoms. The lowest BCUT2D eigenvalue weighted by Crippen LogP contribution is -2.29. The summed E-state index contributed by atoms with van der Waals surface area (Å²) in [7, 11) is 0. The van der Waals surface area contributed by atoms with E-state index >= 15 is 0 Å². The Morgan fingerprint density at radius 1 is 0.431 bits per heavy atom. The first-order valence-electron chi connectivity index (χ1n) is 22.1. The molecule has 0 radical (unpaired) electrons. The molecule has 0 fully saturated rings. The van der Waals surface area contributed by atoms with Gasteiger partial charge >= 0.3 is 0 Å². The first-order valence-corrected chi connectivity index (χ1v) is 22.1. The van der Waals surface area contributed by atoms with Crippen LogP contribution in [0.25, 0.3) is 0 Å². The van der Waals surface area contributed by atoms with Crippen LogP contribution in [0.1, 0.15) is 160 Å². The van der Waals surface area contributed by atoms with E-state index in [0.717, 1.165) is 71.6 Å². The van der Waals surface area contributed by atoms with E-state index in [4.69, 9.17) is 9.47 Å². The fraction of sp³-hybridized carbons (Fsp3) is 0.393. The summed E-state index contributed by atoms with van der Waals surface area (Å²) in [5.41, 5.74) is 12.2. The molecule has 0 N–H and O–H groups in total. The third-order valence-corrected chi connectivity index (χ3v) is 12.2. The Balaban J connectivity index is 1.05. The van der Waals surface area contributed by atoms with Crippen LogP contribution in [0.2, 0.25) is 0 Å². The van der Waals surface area contributed by atoms with E-state index in [0.29, 0.717) is 11.8 Å². The van der Waals surface area contributed by atoms with Gasteiger partial charge in [0, 0.05) is 39.7 Å². The second kappa shape index (κ2) is 19.5. The molecule has 2 atom stereocenters. The molecular formula is C56H62O2. The monoisotopic (exact) mass is 766 g/mol. The highest BCUT2D eigenvalue weighted by Crippen LogP contribution is 2.58. The Hall–Kier alpha value is -5.18. The van der Waals surface area contributed by atoms with Crippen LogP contribution in [0.4, 0.5) is 0 Å². The lowest BCUT2D eigenvalue weighted by Gasteiger charge is -2.43. The molecule has 0 aromatic heterocycles. The van der Waals surface area contributed by atoms with Gasteiger partial charge in [0.2, 0.25) is 0 Å². The van der Waals surface area contributed by atoms with Gasteiger partial charge in [-0.15, -0.1) is 0 Å². The Kier molecular flexibility index (Phi) is 13.8. The van der Waals surface area contributed by atoms with Gasteiger partial charge < -0.3 is 9.47 Å². The minimum absolute atomic E-state index is 0.126. The largest absolute Gasteiger partial charge is 0.494 e. The average Bonchev–Trinajstić information content (AvgIpc) is 3.23. The summed E-state index contributed by atoms with van der Waals surface area (Å²) >= 11 is 0. The summed E-state index contributed by atoms with van der Waals surface area (Å²) in [4.78, 5) is 0. The van der Waals surface area contributed by atoms with Crippen molar-refractivity contribution in [3.8, 4) is 35.2 Å². The Morgan fingerprint density at radius 3 is 1.34 bits per heavy atom. The summed E-state index contributed by atoms with van der Waals surface area (Å²) in [6, 6.07) is 38.8.